The third-order valence-electron chi connectivity index (χ3n) is 1.91. The molecule has 6 heteroatoms. The fourth-order valence-electron chi connectivity index (χ4n) is 1.16. The summed E-state index contributed by atoms with van der Waals surface area (Å²) in [4.78, 5) is 19.4. The zero-order valence-corrected chi connectivity index (χ0v) is 12.6. The van der Waals surface area contributed by atoms with Gasteiger partial charge in [-0.05, 0) is 49.4 Å². The Morgan fingerprint density at radius 3 is 2.55 bits per heavy atom. The van der Waals surface area contributed by atoms with Crippen molar-refractivity contribution in [1.82, 2.24) is 14.9 Å². The molecule has 1 aliphatic rings. The van der Waals surface area contributed by atoms with E-state index in [9.17, 15) is 4.79 Å². The van der Waals surface area contributed by atoms with Crippen molar-refractivity contribution in [2.24, 2.45) is 0 Å². The summed E-state index contributed by atoms with van der Waals surface area (Å²) in [6, 6.07) is 0. The molecule has 1 aromatic heterocycles. The molecule has 110 valence electrons. The maximum Gasteiger partial charge on any atom is 0.410 e. The van der Waals surface area contributed by atoms with Crippen LogP contribution < -0.4 is 0 Å². The van der Waals surface area contributed by atoms with Crippen LogP contribution in [-0.4, -0.2) is 39.6 Å². The number of likely N-dealkylation sites (tertiary alicyclic amines) is 1. The van der Waals surface area contributed by atoms with Crippen molar-refractivity contribution in [2.45, 2.75) is 45.0 Å². The summed E-state index contributed by atoms with van der Waals surface area (Å²) in [5.74, 6) is -4.63. The van der Waals surface area contributed by atoms with E-state index in [2.05, 4.69) is 25.9 Å². The van der Waals surface area contributed by atoms with Gasteiger partial charge in [0.25, 0.3) is 0 Å². The van der Waals surface area contributed by atoms with E-state index in [4.69, 9.17) is 19.8 Å². The van der Waals surface area contributed by atoms with Gasteiger partial charge in [-0.2, -0.15) is 0 Å². The Morgan fingerprint density at radius 1 is 1.50 bits per heavy atom. The van der Waals surface area contributed by atoms with E-state index < -0.39 is 61.5 Å². The van der Waals surface area contributed by atoms with Crippen molar-refractivity contribution >= 4 is 22.0 Å². The van der Waals surface area contributed by atoms with Crippen molar-refractivity contribution in [3.8, 4) is 0 Å². The lowest BCUT2D eigenvalue weighted by Gasteiger charge is -2.32. The highest BCUT2D eigenvalue weighted by molar-refractivity contribution is 9.10. The number of amides is 1. The predicted octanol–water partition coefficient (Wildman–Crippen LogP) is 3.35. The molecular formula is C14H20BrN3O2. The number of hydrogen-bond acceptors (Lipinski definition) is 4. The lowest BCUT2D eigenvalue weighted by Crippen LogP contribution is -2.41. The maximum atomic E-state index is 12.7. The summed E-state index contributed by atoms with van der Waals surface area (Å²) in [5, 5.41) is 0. The normalized spacial score (nSPS) is 36.8. The van der Waals surface area contributed by atoms with Crippen LogP contribution in [0.3, 0.4) is 0 Å². The van der Waals surface area contributed by atoms with Crippen LogP contribution in [-0.2, 0) is 4.74 Å². The predicted molar refractivity (Wildman–Crippen MR) is 79.5 cm³/mol. The molecule has 1 aliphatic heterocycles. The maximum absolute atomic E-state index is 12.7. The van der Waals surface area contributed by atoms with E-state index in [0.29, 0.717) is 0 Å². The van der Waals surface area contributed by atoms with E-state index in [1.165, 1.54) is 20.8 Å². The Labute approximate surface area is 143 Å². The van der Waals surface area contributed by atoms with Gasteiger partial charge in [-0.15, -0.1) is 0 Å². The van der Waals surface area contributed by atoms with E-state index in [1.54, 1.807) is 0 Å². The van der Waals surface area contributed by atoms with E-state index >= 15 is 0 Å². The molecule has 0 radical (unpaired) electrons. The molecule has 5 nitrogen and oxygen atoms in total. The number of aromatic nitrogens is 2. The zero-order chi connectivity index (χ0) is 24.6. The molecule has 0 aliphatic carbocycles. The summed E-state index contributed by atoms with van der Waals surface area (Å²) in [6.07, 6.45) is -10.4. The Bertz CT molecular complexity index is 868. The van der Waals surface area contributed by atoms with E-state index in [0.717, 1.165) is 0 Å². The molecule has 2 rings (SSSR count). The van der Waals surface area contributed by atoms with E-state index in [1.807, 2.05) is 0 Å². The van der Waals surface area contributed by atoms with Crippen LogP contribution in [0.25, 0.3) is 0 Å². The second-order valence-corrected chi connectivity index (χ2v) is 5.54. The monoisotopic (exact) mass is 352 g/mol. The van der Waals surface area contributed by atoms with Crippen LogP contribution in [0.15, 0.2) is 16.8 Å². The summed E-state index contributed by atoms with van der Waals surface area (Å²) >= 11 is 2.85. The Morgan fingerprint density at radius 2 is 2.05 bits per heavy atom. The minimum absolute atomic E-state index is 0.238. The molecule has 2 heterocycles. The minimum Gasteiger partial charge on any atom is -0.444 e. The first kappa shape index (κ1) is 6.30. The number of ether oxygens (including phenoxy) is 1. The van der Waals surface area contributed by atoms with Crippen molar-refractivity contribution in [1.29, 1.82) is 0 Å². The number of hydrogen-bond donors (Lipinski definition) is 0. The molecule has 0 atom stereocenters. The van der Waals surface area contributed by atoms with Gasteiger partial charge in [-0.1, -0.05) is 0 Å². The van der Waals surface area contributed by atoms with Gasteiger partial charge >= 0.3 is 6.09 Å². The van der Waals surface area contributed by atoms with Crippen molar-refractivity contribution in [2.75, 3.05) is 13.0 Å². The first-order valence-electron chi connectivity index (χ1n) is 11.1. The summed E-state index contributed by atoms with van der Waals surface area (Å²) in [6.45, 7) is -3.06. The Balaban J connectivity index is 2.87. The third-order valence-corrected chi connectivity index (χ3v) is 2.26. The average Bonchev–Trinajstić information content (AvgIpc) is 2.54. The van der Waals surface area contributed by atoms with Gasteiger partial charge in [0.1, 0.15) is 11.4 Å². The number of piperidine rings is 1. The number of nitrogens with zero attached hydrogens (tertiary/aromatic N) is 3. The van der Waals surface area contributed by atoms with E-state index in [-0.39, 0.29) is 9.37 Å². The molecule has 1 aromatic rings. The van der Waals surface area contributed by atoms with Crippen LogP contribution >= 0.6 is 15.9 Å². The second kappa shape index (κ2) is 6.08. The quantitative estimate of drug-likeness (QED) is 0.777. The largest absolute Gasteiger partial charge is 0.444 e. The highest BCUT2D eigenvalue weighted by atomic mass is 79.9. The van der Waals surface area contributed by atoms with Crippen molar-refractivity contribution in [3.63, 3.8) is 0 Å². The molecule has 0 bridgehead atoms. The smallest absolute Gasteiger partial charge is 0.410 e. The van der Waals surface area contributed by atoms with Gasteiger partial charge in [0.05, 0.1) is 7.21 Å². The molecule has 0 N–H and O–H groups in total. The van der Waals surface area contributed by atoms with Crippen LogP contribution in [0.5, 0.6) is 0 Å². The van der Waals surface area contributed by atoms with Crippen LogP contribution in [0.4, 0.5) is 4.79 Å². The number of halogens is 1. The highest BCUT2D eigenvalue weighted by Crippen LogP contribution is 2.26. The molecule has 20 heavy (non-hydrogen) atoms. The molecule has 1 amide bonds. The zero-order valence-electron chi connectivity index (χ0n) is 22.0. The molecule has 0 spiro atoms. The Hall–Kier alpha value is -1.17. The first-order valence-corrected chi connectivity index (χ1v) is 6.41. The van der Waals surface area contributed by atoms with Gasteiger partial charge in [0.2, 0.25) is 0 Å². The Kier molecular flexibility index (Phi) is 1.91. The lowest BCUT2D eigenvalue weighted by atomic mass is 9.96. The first-order chi connectivity index (χ1) is 13.6. The molecule has 0 saturated carbocycles. The minimum atomic E-state index is -3.67. The van der Waals surface area contributed by atoms with Crippen LogP contribution in [0, 0.1) is 0 Å². The van der Waals surface area contributed by atoms with Crippen molar-refractivity contribution < 1.29 is 24.6 Å². The lowest BCUT2D eigenvalue weighted by molar-refractivity contribution is 0.0203. The standard InChI is InChI=1S/C14H20BrN3O2/c1-14(2,3)20-13(19)18-6-4-10(5-7-18)12-16-8-11(15)9-17-12/h8-10H,4-7H2,1-3H3/i4D2,5D2,6D2,7D2,8D,9D,10D. The average molecular weight is 353 g/mol. The second-order valence-electron chi connectivity index (χ2n) is 4.75. The molecular weight excluding hydrogens is 322 g/mol. The van der Waals surface area contributed by atoms with Gasteiger partial charge in [0, 0.05) is 43.6 Å². The third kappa shape index (κ3) is 4.16. The highest BCUT2D eigenvalue weighted by Gasteiger charge is 2.28. The van der Waals surface area contributed by atoms with Gasteiger partial charge in [0.15, 0.2) is 0 Å². The number of carbonyl (C=O) groups is 1. The summed E-state index contributed by atoms with van der Waals surface area (Å²) < 4.78 is 95.2. The fourth-order valence-corrected chi connectivity index (χ4v) is 1.34. The van der Waals surface area contributed by atoms with Gasteiger partial charge < -0.3 is 9.64 Å². The van der Waals surface area contributed by atoms with Gasteiger partial charge in [-0.3, -0.25) is 0 Å². The molecule has 0 unspecified atom stereocenters. The van der Waals surface area contributed by atoms with Crippen LogP contribution in [0.1, 0.15) is 60.3 Å². The summed E-state index contributed by atoms with van der Waals surface area (Å²) in [7, 11) is 0. The fraction of sp³-hybridized carbons (Fsp3) is 0.643. The number of rotatable bonds is 1. The van der Waals surface area contributed by atoms with Crippen LogP contribution in [0.2, 0.25) is 0 Å². The summed E-state index contributed by atoms with van der Waals surface area (Å²) in [5.41, 5.74) is -1.24. The topological polar surface area (TPSA) is 55.3 Å². The molecule has 0 aromatic carbocycles. The number of carbonyl (C=O) groups excluding carboxylic acids is 1. The van der Waals surface area contributed by atoms with Gasteiger partial charge in [-0.25, -0.2) is 14.8 Å². The van der Waals surface area contributed by atoms with Crippen molar-refractivity contribution in [3.05, 3.63) is 22.6 Å². The molecule has 1 fully saturated rings. The molecule has 1 saturated heterocycles. The SMILES string of the molecule is [2H]c1nc(C2([2H])C([2H])([2H])C([2H])([2H])N(C(=O)OC(C)(C)C)C([2H])([2H])C2([2H])[2H])nc([2H])c1Br.